The van der Waals surface area contributed by atoms with Gasteiger partial charge in [0.05, 0.1) is 22.1 Å². The fourth-order valence-corrected chi connectivity index (χ4v) is 3.93. The van der Waals surface area contributed by atoms with E-state index in [-0.39, 0.29) is 24.9 Å². The van der Waals surface area contributed by atoms with Crippen molar-refractivity contribution in [3.63, 3.8) is 0 Å². The van der Waals surface area contributed by atoms with Crippen molar-refractivity contribution < 1.29 is 21.6 Å². The van der Waals surface area contributed by atoms with Crippen molar-refractivity contribution in [2.24, 2.45) is 11.7 Å². The lowest BCUT2D eigenvalue weighted by Crippen LogP contribution is -2.52. The molecule has 0 heterocycles. The molecule has 0 radical (unpaired) electrons. The Morgan fingerprint density at radius 2 is 1.88 bits per heavy atom. The van der Waals surface area contributed by atoms with Crippen LogP contribution in [0.4, 0.5) is 13.2 Å². The Hall–Kier alpha value is -1.34. The Morgan fingerprint density at radius 3 is 2.28 bits per heavy atom. The van der Waals surface area contributed by atoms with Gasteiger partial charge in [0.25, 0.3) is 0 Å². The van der Waals surface area contributed by atoms with Crippen LogP contribution in [0, 0.1) is 17.2 Å². The molecule has 3 N–H and O–H groups in total. The molecule has 142 valence electrons. The van der Waals surface area contributed by atoms with Gasteiger partial charge in [-0.3, -0.25) is 0 Å². The van der Waals surface area contributed by atoms with Gasteiger partial charge in [-0.1, -0.05) is 13.8 Å². The number of benzene rings is 1. The van der Waals surface area contributed by atoms with Crippen LogP contribution in [0.3, 0.4) is 0 Å². The molecule has 0 spiro atoms. The lowest BCUT2D eigenvalue weighted by molar-refractivity contribution is -0.137. The van der Waals surface area contributed by atoms with E-state index in [1.165, 1.54) is 6.07 Å². The van der Waals surface area contributed by atoms with Gasteiger partial charge in [0.1, 0.15) is 0 Å². The molecule has 0 amide bonds. The van der Waals surface area contributed by atoms with Crippen LogP contribution in [0.15, 0.2) is 23.1 Å². The zero-order chi connectivity index (χ0) is 18.8. The maximum absolute atomic E-state index is 13.0. The molecule has 1 rings (SSSR count). The Bertz CT molecular complexity index is 745. The summed E-state index contributed by atoms with van der Waals surface area (Å²) >= 11 is 0. The SMILES string of the molecule is CC(C)CC(C)(CN)NS(=O)(=O)c1ccc(C#N)c(C(F)(F)F)c1.Cl. The summed E-state index contributed by atoms with van der Waals surface area (Å²) in [5.41, 5.74) is 2.73. The maximum Gasteiger partial charge on any atom is 0.417 e. The maximum atomic E-state index is 13.0. The average molecular weight is 400 g/mol. The molecule has 0 aliphatic heterocycles. The third-order valence-electron chi connectivity index (χ3n) is 3.42. The van der Waals surface area contributed by atoms with E-state index in [1.54, 1.807) is 6.92 Å². The minimum atomic E-state index is -4.83. The summed E-state index contributed by atoms with van der Waals surface area (Å²) in [6.07, 6.45) is -4.41. The largest absolute Gasteiger partial charge is 0.417 e. The first-order valence-corrected chi connectivity index (χ1v) is 8.68. The number of nitrogens with two attached hydrogens (primary N) is 1. The second-order valence-corrected chi connectivity index (χ2v) is 7.97. The number of nitriles is 1. The van der Waals surface area contributed by atoms with Crippen molar-refractivity contribution in [3.05, 3.63) is 29.3 Å². The van der Waals surface area contributed by atoms with E-state index in [0.29, 0.717) is 12.5 Å². The summed E-state index contributed by atoms with van der Waals surface area (Å²) in [5.74, 6) is 0.132. The second kappa shape index (κ2) is 8.36. The zero-order valence-corrected chi connectivity index (χ0v) is 15.6. The van der Waals surface area contributed by atoms with Crippen LogP contribution in [0.1, 0.15) is 38.3 Å². The minimum Gasteiger partial charge on any atom is -0.329 e. The average Bonchev–Trinajstić information content (AvgIpc) is 2.44. The van der Waals surface area contributed by atoms with Gasteiger partial charge in [-0.15, -0.1) is 12.4 Å². The summed E-state index contributed by atoms with van der Waals surface area (Å²) in [6.45, 7) is 5.35. The van der Waals surface area contributed by atoms with Crippen LogP contribution in [0.25, 0.3) is 0 Å². The molecule has 25 heavy (non-hydrogen) atoms. The molecule has 0 aromatic heterocycles. The monoisotopic (exact) mass is 399 g/mol. The number of nitrogens with one attached hydrogen (secondary N) is 1. The molecular formula is C15H21ClF3N3O2S. The van der Waals surface area contributed by atoms with E-state index in [2.05, 4.69) is 4.72 Å². The molecule has 1 aromatic carbocycles. The van der Waals surface area contributed by atoms with Gasteiger partial charge in [-0.25, -0.2) is 13.1 Å². The highest BCUT2D eigenvalue weighted by atomic mass is 35.5. The Morgan fingerprint density at radius 1 is 1.32 bits per heavy atom. The summed E-state index contributed by atoms with van der Waals surface area (Å²) in [6, 6.07) is 3.70. The van der Waals surface area contributed by atoms with E-state index in [0.717, 1.165) is 12.1 Å². The Balaban J connectivity index is 0.00000576. The fourth-order valence-electron chi connectivity index (χ4n) is 2.47. The Kier molecular flexibility index (Phi) is 7.91. The van der Waals surface area contributed by atoms with Crippen molar-refractivity contribution in [3.8, 4) is 6.07 Å². The van der Waals surface area contributed by atoms with Crippen LogP contribution in [-0.4, -0.2) is 20.5 Å². The number of hydrogen-bond acceptors (Lipinski definition) is 4. The molecule has 0 saturated carbocycles. The summed E-state index contributed by atoms with van der Waals surface area (Å²) in [7, 11) is -4.22. The van der Waals surface area contributed by atoms with Crippen molar-refractivity contribution in [2.45, 2.75) is 43.8 Å². The molecule has 0 aliphatic carbocycles. The normalized spacial score (nSPS) is 14.5. The van der Waals surface area contributed by atoms with Crippen LogP contribution in [-0.2, 0) is 16.2 Å². The summed E-state index contributed by atoms with van der Waals surface area (Å²) in [5, 5.41) is 8.77. The smallest absolute Gasteiger partial charge is 0.329 e. The number of hydrogen-bond donors (Lipinski definition) is 2. The molecule has 5 nitrogen and oxygen atoms in total. The number of alkyl halides is 3. The van der Waals surface area contributed by atoms with Crippen LogP contribution in [0.5, 0.6) is 0 Å². The van der Waals surface area contributed by atoms with Gasteiger partial charge < -0.3 is 5.73 Å². The van der Waals surface area contributed by atoms with E-state index in [1.807, 2.05) is 13.8 Å². The number of sulfonamides is 1. The zero-order valence-electron chi connectivity index (χ0n) is 14.0. The van der Waals surface area contributed by atoms with Crippen LogP contribution in [0.2, 0.25) is 0 Å². The van der Waals surface area contributed by atoms with E-state index >= 15 is 0 Å². The standard InChI is InChI=1S/C15H20F3N3O2S.ClH/c1-10(2)7-14(3,9-20)21-24(22,23)12-5-4-11(8-19)13(6-12)15(16,17)18;/h4-6,10,21H,7,9,20H2,1-3H3;1H. The van der Waals surface area contributed by atoms with Gasteiger partial charge in [-0.2, -0.15) is 18.4 Å². The summed E-state index contributed by atoms with van der Waals surface area (Å²) < 4.78 is 66.3. The lowest BCUT2D eigenvalue weighted by atomic mass is 9.92. The van der Waals surface area contributed by atoms with Gasteiger partial charge >= 0.3 is 6.18 Å². The minimum absolute atomic E-state index is 0. The predicted molar refractivity (Wildman–Crippen MR) is 90.6 cm³/mol. The Labute approximate surface area is 151 Å². The fraction of sp³-hybridized carbons (Fsp3) is 0.533. The third-order valence-corrected chi connectivity index (χ3v) is 5.05. The topological polar surface area (TPSA) is 96.0 Å². The van der Waals surface area contributed by atoms with Gasteiger partial charge in [0, 0.05) is 12.1 Å². The van der Waals surface area contributed by atoms with Crippen molar-refractivity contribution in [1.82, 2.24) is 4.72 Å². The number of nitrogens with zero attached hydrogens (tertiary/aromatic N) is 1. The van der Waals surface area contributed by atoms with Crippen molar-refractivity contribution in [1.29, 1.82) is 5.26 Å². The van der Waals surface area contributed by atoms with Crippen molar-refractivity contribution in [2.75, 3.05) is 6.54 Å². The quantitative estimate of drug-likeness (QED) is 0.768. The first-order chi connectivity index (χ1) is 10.8. The van der Waals surface area contributed by atoms with Gasteiger partial charge in [-0.05, 0) is 37.5 Å². The van der Waals surface area contributed by atoms with Gasteiger partial charge in [0.2, 0.25) is 10.0 Å². The summed E-state index contributed by atoms with van der Waals surface area (Å²) in [4.78, 5) is -0.558. The molecule has 0 aliphatic rings. The van der Waals surface area contributed by atoms with Crippen LogP contribution < -0.4 is 10.5 Å². The molecule has 1 aromatic rings. The van der Waals surface area contributed by atoms with E-state index in [4.69, 9.17) is 11.0 Å². The van der Waals surface area contributed by atoms with E-state index in [9.17, 15) is 21.6 Å². The lowest BCUT2D eigenvalue weighted by Gasteiger charge is -2.30. The highest BCUT2D eigenvalue weighted by molar-refractivity contribution is 7.89. The highest BCUT2D eigenvalue weighted by Gasteiger charge is 2.36. The van der Waals surface area contributed by atoms with Gasteiger partial charge in [0.15, 0.2) is 0 Å². The molecule has 1 atom stereocenters. The molecule has 10 heteroatoms. The molecule has 0 saturated heterocycles. The first kappa shape index (κ1) is 23.7. The number of halogens is 4. The van der Waals surface area contributed by atoms with Crippen molar-refractivity contribution >= 4 is 22.4 Å². The second-order valence-electron chi connectivity index (χ2n) is 6.29. The number of rotatable bonds is 6. The van der Waals surface area contributed by atoms with E-state index < -0.39 is 37.8 Å². The molecule has 0 bridgehead atoms. The first-order valence-electron chi connectivity index (χ1n) is 7.20. The van der Waals surface area contributed by atoms with Crippen LogP contribution >= 0.6 is 12.4 Å². The molecule has 1 unspecified atom stereocenters. The molecule has 0 fully saturated rings. The highest BCUT2D eigenvalue weighted by Crippen LogP contribution is 2.33. The third kappa shape index (κ3) is 6.15. The predicted octanol–water partition coefficient (Wildman–Crippen LogP) is 3.04. The molecular weight excluding hydrogens is 379 g/mol.